The van der Waals surface area contributed by atoms with Gasteiger partial charge in [0, 0.05) is 23.4 Å². The van der Waals surface area contributed by atoms with Crippen LogP contribution in [-0.4, -0.2) is 16.0 Å². The molecule has 4 heteroatoms. The van der Waals surface area contributed by atoms with Crippen LogP contribution in [0.5, 0.6) is 0 Å². The molecule has 0 aliphatic carbocycles. The second-order valence-electron chi connectivity index (χ2n) is 4.35. The molecule has 1 heterocycles. The first-order valence-corrected chi connectivity index (χ1v) is 6.15. The highest BCUT2D eigenvalue weighted by molar-refractivity contribution is 5.29. The van der Waals surface area contributed by atoms with Crippen molar-refractivity contribution < 1.29 is 4.92 Å². The molecule has 1 aromatic heterocycles. The van der Waals surface area contributed by atoms with Crippen LogP contribution in [0.1, 0.15) is 17.2 Å². The van der Waals surface area contributed by atoms with Gasteiger partial charge in [0.2, 0.25) is 6.54 Å². The molecule has 0 spiro atoms. The topological polar surface area (TPSA) is 48.1 Å². The molecule has 0 N–H and O–H groups in total. The molecule has 0 bridgehead atoms. The predicted molar refractivity (Wildman–Crippen MR) is 74.8 cm³/mol. The molecule has 0 fully saturated rings. The Morgan fingerprint density at radius 1 is 1.26 bits per heavy atom. The Labute approximate surface area is 112 Å². The van der Waals surface area contributed by atoms with Gasteiger partial charge in [0.25, 0.3) is 0 Å². The van der Waals surface area contributed by atoms with Crippen LogP contribution in [0.25, 0.3) is 0 Å². The fourth-order valence-electron chi connectivity index (χ4n) is 2.25. The third-order valence-corrected chi connectivity index (χ3v) is 3.08. The van der Waals surface area contributed by atoms with Gasteiger partial charge in [0.05, 0.1) is 5.92 Å². The van der Waals surface area contributed by atoms with E-state index in [0.29, 0.717) is 6.54 Å². The minimum Gasteiger partial charge on any atom is -0.347 e. The second kappa shape index (κ2) is 6.00. The number of hydrogen-bond acceptors (Lipinski definition) is 2. The van der Waals surface area contributed by atoms with Crippen LogP contribution < -0.4 is 0 Å². The monoisotopic (exact) mass is 256 g/mol. The maximum atomic E-state index is 10.9. The molecule has 0 aliphatic rings. The summed E-state index contributed by atoms with van der Waals surface area (Å²) in [5.41, 5.74) is 1.91. The van der Waals surface area contributed by atoms with Crippen molar-refractivity contribution in [3.63, 3.8) is 0 Å². The molecule has 0 saturated carbocycles. The van der Waals surface area contributed by atoms with Crippen molar-refractivity contribution in [3.05, 3.63) is 82.7 Å². The molecule has 0 aliphatic heterocycles. The fourth-order valence-corrected chi connectivity index (χ4v) is 2.25. The third kappa shape index (κ3) is 3.10. The average molecular weight is 256 g/mol. The molecule has 0 radical (unpaired) electrons. The number of rotatable bonds is 6. The predicted octanol–water partition coefficient (Wildman–Crippen LogP) is 3.08. The van der Waals surface area contributed by atoms with Gasteiger partial charge in [0.1, 0.15) is 0 Å². The minimum absolute atomic E-state index is 0.106. The summed E-state index contributed by atoms with van der Waals surface area (Å²) in [5, 5.41) is 10.9. The van der Waals surface area contributed by atoms with Crippen LogP contribution in [0.3, 0.4) is 0 Å². The molecule has 1 atom stereocenters. The first kappa shape index (κ1) is 13.1. The molecular formula is C15H16N2O2. The lowest BCUT2D eigenvalue weighted by molar-refractivity contribution is -0.482. The Balaban J connectivity index is 2.40. The molecule has 98 valence electrons. The van der Waals surface area contributed by atoms with Crippen LogP contribution in [0.4, 0.5) is 0 Å². The highest BCUT2D eigenvalue weighted by atomic mass is 16.6. The summed E-state index contributed by atoms with van der Waals surface area (Å²) in [5.74, 6) is -0.230. The Kier molecular flexibility index (Phi) is 4.13. The van der Waals surface area contributed by atoms with Crippen LogP contribution in [0.15, 0.2) is 61.3 Å². The quantitative estimate of drug-likeness (QED) is 0.453. The van der Waals surface area contributed by atoms with E-state index in [1.807, 2.05) is 53.2 Å². The van der Waals surface area contributed by atoms with E-state index in [1.165, 1.54) is 0 Å². The van der Waals surface area contributed by atoms with E-state index in [4.69, 9.17) is 0 Å². The number of nitro groups is 1. The van der Waals surface area contributed by atoms with Crippen molar-refractivity contribution in [1.29, 1.82) is 0 Å². The second-order valence-corrected chi connectivity index (χ2v) is 4.35. The first-order valence-electron chi connectivity index (χ1n) is 6.15. The molecule has 2 aromatic rings. The van der Waals surface area contributed by atoms with Crippen molar-refractivity contribution in [1.82, 2.24) is 4.57 Å². The lowest BCUT2D eigenvalue weighted by Crippen LogP contribution is -2.17. The minimum atomic E-state index is -0.261. The van der Waals surface area contributed by atoms with Gasteiger partial charge in [-0.05, 0) is 17.7 Å². The van der Waals surface area contributed by atoms with Gasteiger partial charge < -0.3 is 4.57 Å². The van der Waals surface area contributed by atoms with Gasteiger partial charge >= 0.3 is 0 Å². The molecule has 0 saturated heterocycles. The van der Waals surface area contributed by atoms with E-state index in [9.17, 15) is 10.1 Å². The number of hydrogen-bond donors (Lipinski definition) is 0. The summed E-state index contributed by atoms with van der Waals surface area (Å²) >= 11 is 0. The van der Waals surface area contributed by atoms with Crippen molar-refractivity contribution in [2.24, 2.45) is 0 Å². The average Bonchev–Trinajstić information content (AvgIpc) is 2.85. The molecular weight excluding hydrogens is 240 g/mol. The summed E-state index contributed by atoms with van der Waals surface area (Å²) < 4.78 is 1.99. The van der Waals surface area contributed by atoms with E-state index < -0.39 is 0 Å². The van der Waals surface area contributed by atoms with Gasteiger partial charge in [-0.3, -0.25) is 10.1 Å². The molecule has 2 rings (SSSR count). The maximum absolute atomic E-state index is 10.9. The van der Waals surface area contributed by atoms with Crippen LogP contribution in [0, 0.1) is 10.1 Å². The van der Waals surface area contributed by atoms with Crippen LogP contribution >= 0.6 is 0 Å². The van der Waals surface area contributed by atoms with E-state index >= 15 is 0 Å². The van der Waals surface area contributed by atoms with Crippen molar-refractivity contribution >= 4 is 0 Å². The Bertz CT molecular complexity index is 561. The third-order valence-electron chi connectivity index (χ3n) is 3.08. The highest BCUT2D eigenvalue weighted by Gasteiger charge is 2.22. The van der Waals surface area contributed by atoms with Crippen molar-refractivity contribution in [2.75, 3.05) is 6.54 Å². The fraction of sp³-hybridized carbons (Fsp3) is 0.200. The summed E-state index contributed by atoms with van der Waals surface area (Å²) in [6.07, 6.45) is 3.71. The molecule has 1 unspecified atom stereocenters. The van der Waals surface area contributed by atoms with Crippen molar-refractivity contribution in [3.8, 4) is 0 Å². The number of aromatic nitrogens is 1. The van der Waals surface area contributed by atoms with Crippen molar-refractivity contribution in [2.45, 2.75) is 12.5 Å². The Hall–Kier alpha value is -2.36. The maximum Gasteiger partial charge on any atom is 0.216 e. The molecule has 19 heavy (non-hydrogen) atoms. The summed E-state index contributed by atoms with van der Waals surface area (Å²) in [6.45, 7) is 4.27. The van der Waals surface area contributed by atoms with E-state index in [0.717, 1.165) is 11.3 Å². The van der Waals surface area contributed by atoms with Gasteiger partial charge in [0.15, 0.2) is 0 Å². The van der Waals surface area contributed by atoms with E-state index in [2.05, 4.69) is 6.58 Å². The molecule has 0 amide bonds. The number of benzene rings is 1. The smallest absolute Gasteiger partial charge is 0.216 e. The van der Waals surface area contributed by atoms with Crippen LogP contribution in [0.2, 0.25) is 0 Å². The molecule has 1 aromatic carbocycles. The normalized spacial score (nSPS) is 12.0. The van der Waals surface area contributed by atoms with E-state index in [1.54, 1.807) is 6.08 Å². The van der Waals surface area contributed by atoms with Gasteiger partial charge in [-0.25, -0.2) is 0 Å². The Morgan fingerprint density at radius 2 is 2.00 bits per heavy atom. The van der Waals surface area contributed by atoms with Gasteiger partial charge in [-0.2, -0.15) is 0 Å². The van der Waals surface area contributed by atoms with Gasteiger partial charge in [-0.15, -0.1) is 6.58 Å². The zero-order valence-corrected chi connectivity index (χ0v) is 10.6. The zero-order valence-electron chi connectivity index (χ0n) is 10.6. The zero-order chi connectivity index (χ0) is 13.7. The standard InChI is InChI=1S/C15H16N2O2/c1-2-10-16-11-6-9-15(16)14(12-17(18)19)13-7-4-3-5-8-13/h2-9,11,14H,1,10,12H2. The first-order chi connectivity index (χ1) is 9.22. The Morgan fingerprint density at radius 3 is 2.63 bits per heavy atom. The van der Waals surface area contributed by atoms with Crippen LogP contribution in [-0.2, 0) is 6.54 Å². The van der Waals surface area contributed by atoms with Gasteiger partial charge in [-0.1, -0.05) is 36.4 Å². The summed E-state index contributed by atoms with van der Waals surface area (Å²) in [7, 11) is 0. The lowest BCUT2D eigenvalue weighted by atomic mass is 9.95. The van der Waals surface area contributed by atoms with E-state index in [-0.39, 0.29) is 17.4 Å². The summed E-state index contributed by atoms with van der Waals surface area (Å²) in [4.78, 5) is 10.7. The SMILES string of the molecule is C=CCn1cccc1C(C[N+](=O)[O-])c1ccccc1. The number of nitrogens with zero attached hydrogens (tertiary/aromatic N) is 2. The largest absolute Gasteiger partial charge is 0.347 e. The summed E-state index contributed by atoms with van der Waals surface area (Å²) in [6, 6.07) is 13.4. The lowest BCUT2D eigenvalue weighted by Gasteiger charge is -2.16. The molecule has 4 nitrogen and oxygen atoms in total. The number of allylic oxidation sites excluding steroid dienone is 1. The highest BCUT2D eigenvalue weighted by Crippen LogP contribution is 2.25.